The van der Waals surface area contributed by atoms with E-state index in [2.05, 4.69) is 49.5 Å². The van der Waals surface area contributed by atoms with Gasteiger partial charge >= 0.3 is 0 Å². The minimum absolute atomic E-state index is 0.361. The Morgan fingerprint density at radius 3 is 2.50 bits per heavy atom. The first kappa shape index (κ1) is 13.7. The van der Waals surface area contributed by atoms with Crippen LogP contribution in [-0.4, -0.2) is 24.5 Å². The molecule has 0 aliphatic heterocycles. The average Bonchev–Trinajstić information content (AvgIpc) is 2.71. The van der Waals surface area contributed by atoms with E-state index in [4.69, 9.17) is 5.73 Å². The van der Waals surface area contributed by atoms with E-state index in [9.17, 15) is 0 Å². The van der Waals surface area contributed by atoms with E-state index in [1.807, 2.05) is 0 Å². The lowest BCUT2D eigenvalue weighted by molar-refractivity contribution is 0.169. The van der Waals surface area contributed by atoms with Gasteiger partial charge in [0, 0.05) is 18.6 Å². The molecule has 0 bridgehead atoms. The molecular formula is C13H24N2S. The largest absolute Gasteiger partial charge is 0.329 e. The highest BCUT2D eigenvalue weighted by atomic mass is 32.1. The molecule has 0 aliphatic carbocycles. The number of nitrogens with zero attached hydrogens (tertiary/aromatic N) is 1. The van der Waals surface area contributed by atoms with Crippen LogP contribution in [0, 0.1) is 5.92 Å². The Morgan fingerprint density at radius 1 is 1.38 bits per heavy atom. The van der Waals surface area contributed by atoms with Crippen LogP contribution in [0.15, 0.2) is 16.8 Å². The van der Waals surface area contributed by atoms with Crippen molar-refractivity contribution in [1.82, 2.24) is 4.90 Å². The van der Waals surface area contributed by atoms with Gasteiger partial charge in [-0.25, -0.2) is 0 Å². The molecule has 0 saturated heterocycles. The number of thiophene rings is 1. The molecule has 2 nitrogen and oxygen atoms in total. The molecule has 0 aliphatic rings. The van der Waals surface area contributed by atoms with Crippen molar-refractivity contribution >= 4 is 11.3 Å². The molecule has 16 heavy (non-hydrogen) atoms. The Bertz CT molecular complexity index is 282. The molecule has 0 amide bonds. The lowest BCUT2D eigenvalue weighted by atomic mass is 10.0. The van der Waals surface area contributed by atoms with Gasteiger partial charge in [0.25, 0.3) is 0 Å². The van der Waals surface area contributed by atoms with E-state index in [-0.39, 0.29) is 0 Å². The van der Waals surface area contributed by atoms with Crippen LogP contribution < -0.4 is 5.73 Å². The Hall–Kier alpha value is -0.380. The fourth-order valence-corrected chi connectivity index (χ4v) is 2.86. The Balaban J connectivity index is 2.66. The summed E-state index contributed by atoms with van der Waals surface area (Å²) in [7, 11) is 2.18. The summed E-state index contributed by atoms with van der Waals surface area (Å²) in [5.74, 6) is 0.735. The summed E-state index contributed by atoms with van der Waals surface area (Å²) in [6, 6.07) is 3.12. The van der Waals surface area contributed by atoms with Crippen LogP contribution >= 0.6 is 11.3 Å². The van der Waals surface area contributed by atoms with Crippen molar-refractivity contribution in [3.63, 3.8) is 0 Å². The molecule has 0 saturated carbocycles. The van der Waals surface area contributed by atoms with Crippen LogP contribution in [0.25, 0.3) is 0 Å². The van der Waals surface area contributed by atoms with E-state index < -0.39 is 0 Å². The SMILES string of the molecule is CC(C)CC(C)N(C)C(CN)c1ccsc1. The zero-order chi connectivity index (χ0) is 12.1. The first-order valence-corrected chi connectivity index (χ1v) is 6.94. The third kappa shape index (κ3) is 3.58. The molecule has 1 heterocycles. The standard InChI is InChI=1S/C13H24N2S/c1-10(2)7-11(3)15(4)13(8-14)12-5-6-16-9-12/h5-6,9-11,13H,7-8,14H2,1-4H3. The van der Waals surface area contributed by atoms with Crippen LogP contribution in [0.5, 0.6) is 0 Å². The molecule has 2 atom stereocenters. The molecule has 3 heteroatoms. The molecule has 92 valence electrons. The lowest BCUT2D eigenvalue weighted by Gasteiger charge is -2.33. The Morgan fingerprint density at radius 2 is 2.06 bits per heavy atom. The van der Waals surface area contributed by atoms with Crippen molar-refractivity contribution in [1.29, 1.82) is 0 Å². The summed E-state index contributed by atoms with van der Waals surface area (Å²) in [5.41, 5.74) is 7.25. The molecule has 1 rings (SSSR count). The lowest BCUT2D eigenvalue weighted by Crippen LogP contribution is -2.37. The predicted molar refractivity (Wildman–Crippen MR) is 72.8 cm³/mol. The molecule has 0 radical (unpaired) electrons. The van der Waals surface area contributed by atoms with E-state index >= 15 is 0 Å². The summed E-state index contributed by atoms with van der Waals surface area (Å²) >= 11 is 1.74. The minimum Gasteiger partial charge on any atom is -0.329 e. The molecule has 0 spiro atoms. The smallest absolute Gasteiger partial charge is 0.0478 e. The number of likely N-dealkylation sites (N-methyl/N-ethyl adjacent to an activating group) is 1. The van der Waals surface area contributed by atoms with Gasteiger partial charge < -0.3 is 5.73 Å². The molecular weight excluding hydrogens is 216 g/mol. The van der Waals surface area contributed by atoms with Crippen LogP contribution in [0.4, 0.5) is 0 Å². The fourth-order valence-electron chi connectivity index (χ4n) is 2.16. The van der Waals surface area contributed by atoms with Crippen molar-refractivity contribution in [3.8, 4) is 0 Å². The van der Waals surface area contributed by atoms with Crippen molar-refractivity contribution in [2.24, 2.45) is 11.7 Å². The molecule has 0 fully saturated rings. The van der Waals surface area contributed by atoms with Gasteiger partial charge in [-0.3, -0.25) is 4.90 Å². The van der Waals surface area contributed by atoms with Gasteiger partial charge in [0.1, 0.15) is 0 Å². The summed E-state index contributed by atoms with van der Waals surface area (Å²) in [6.45, 7) is 7.52. The third-order valence-corrected chi connectivity index (χ3v) is 3.85. The normalized spacial score (nSPS) is 15.7. The predicted octanol–water partition coefficient (Wildman–Crippen LogP) is 3.11. The van der Waals surface area contributed by atoms with Crippen molar-refractivity contribution in [3.05, 3.63) is 22.4 Å². The van der Waals surface area contributed by atoms with Gasteiger partial charge in [0.05, 0.1) is 0 Å². The molecule has 2 unspecified atom stereocenters. The average molecular weight is 240 g/mol. The van der Waals surface area contributed by atoms with Crippen molar-refractivity contribution in [2.75, 3.05) is 13.6 Å². The van der Waals surface area contributed by atoms with Gasteiger partial charge in [0.15, 0.2) is 0 Å². The zero-order valence-corrected chi connectivity index (χ0v) is 11.6. The van der Waals surface area contributed by atoms with Crippen LogP contribution in [0.1, 0.15) is 38.8 Å². The van der Waals surface area contributed by atoms with Gasteiger partial charge in [-0.1, -0.05) is 13.8 Å². The maximum absolute atomic E-state index is 5.90. The summed E-state index contributed by atoms with van der Waals surface area (Å²) in [5, 5.41) is 4.33. The van der Waals surface area contributed by atoms with E-state index in [0.717, 1.165) is 5.92 Å². The fraction of sp³-hybridized carbons (Fsp3) is 0.692. The molecule has 1 aromatic heterocycles. The quantitative estimate of drug-likeness (QED) is 0.828. The van der Waals surface area contributed by atoms with Crippen LogP contribution in [0.2, 0.25) is 0 Å². The number of hydrogen-bond acceptors (Lipinski definition) is 3. The molecule has 1 aromatic rings. The van der Waals surface area contributed by atoms with Crippen LogP contribution in [-0.2, 0) is 0 Å². The summed E-state index contributed by atoms with van der Waals surface area (Å²) < 4.78 is 0. The highest BCUT2D eigenvalue weighted by Gasteiger charge is 2.20. The van der Waals surface area contributed by atoms with E-state index in [0.29, 0.717) is 18.6 Å². The second-order valence-electron chi connectivity index (χ2n) is 4.95. The topological polar surface area (TPSA) is 29.3 Å². The number of hydrogen-bond donors (Lipinski definition) is 1. The van der Waals surface area contributed by atoms with Crippen molar-refractivity contribution < 1.29 is 0 Å². The number of nitrogens with two attached hydrogens (primary N) is 1. The van der Waals surface area contributed by atoms with Crippen molar-refractivity contribution in [2.45, 2.75) is 39.3 Å². The Kier molecular flexibility index (Phi) is 5.46. The Labute approximate surface area is 103 Å². The first-order valence-electron chi connectivity index (χ1n) is 6.00. The third-order valence-electron chi connectivity index (χ3n) is 3.15. The number of rotatable bonds is 6. The van der Waals surface area contributed by atoms with Gasteiger partial charge in [-0.2, -0.15) is 11.3 Å². The molecule has 2 N–H and O–H groups in total. The maximum Gasteiger partial charge on any atom is 0.0478 e. The van der Waals surface area contributed by atoms with Crippen LogP contribution in [0.3, 0.4) is 0 Å². The second-order valence-corrected chi connectivity index (χ2v) is 5.73. The van der Waals surface area contributed by atoms with E-state index in [1.165, 1.54) is 12.0 Å². The van der Waals surface area contributed by atoms with Gasteiger partial charge in [0.2, 0.25) is 0 Å². The maximum atomic E-state index is 5.90. The minimum atomic E-state index is 0.361. The highest BCUT2D eigenvalue weighted by molar-refractivity contribution is 7.07. The first-order chi connectivity index (χ1) is 7.56. The van der Waals surface area contributed by atoms with E-state index in [1.54, 1.807) is 11.3 Å². The summed E-state index contributed by atoms with van der Waals surface area (Å²) in [4.78, 5) is 2.40. The van der Waals surface area contributed by atoms with Gasteiger partial charge in [-0.15, -0.1) is 0 Å². The second kappa shape index (κ2) is 6.38. The molecule has 0 aromatic carbocycles. The van der Waals surface area contributed by atoms with Gasteiger partial charge in [-0.05, 0) is 48.7 Å². The monoisotopic (exact) mass is 240 g/mol. The zero-order valence-electron chi connectivity index (χ0n) is 10.8. The summed E-state index contributed by atoms with van der Waals surface area (Å²) in [6.07, 6.45) is 1.22. The highest BCUT2D eigenvalue weighted by Crippen LogP contribution is 2.24.